The topological polar surface area (TPSA) is 64.6 Å². The second-order valence-electron chi connectivity index (χ2n) is 14.9. The molecule has 9 heteroatoms. The van der Waals surface area contributed by atoms with Crippen LogP contribution in [0.3, 0.4) is 0 Å². The van der Waals surface area contributed by atoms with Crippen LogP contribution in [0.4, 0.5) is 0 Å². The molecule has 0 bridgehead atoms. The molecule has 3 rings (SSSR count). The first kappa shape index (κ1) is 34.3. The van der Waals surface area contributed by atoms with Gasteiger partial charge in [0, 0.05) is 0 Å². The van der Waals surface area contributed by atoms with E-state index in [1.165, 1.54) is 19.3 Å². The average Bonchev–Trinajstić information content (AvgIpc) is 2.77. The molecule has 0 aromatic carbocycles. The van der Waals surface area contributed by atoms with Gasteiger partial charge in [0.1, 0.15) is 0 Å². The van der Waals surface area contributed by atoms with Crippen LogP contribution in [0.15, 0.2) is 0 Å². The molecule has 3 aliphatic rings. The molecule has 0 unspecified atom stereocenters. The summed E-state index contributed by atoms with van der Waals surface area (Å²) in [5, 5.41) is 0. The molecular formula is C30H60O7SiZr. The maximum atomic E-state index is 7.28. The standard InChI is InChI=1S/C12H27O4Si.3C6H11O.Zr/c1-10(2,3)14-17(13,15-11(4,5)6)16-12(7,8)9;3*7-6-4-2-1-3-5-6;/h1-9H3;3*6H,1-5H2;/q4*-1;+4. The zero-order valence-electron chi connectivity index (χ0n) is 26.7. The van der Waals surface area contributed by atoms with Crippen LogP contribution in [-0.2, 0) is 46.2 Å². The predicted molar refractivity (Wildman–Crippen MR) is 153 cm³/mol. The summed E-state index contributed by atoms with van der Waals surface area (Å²) >= 11 is -4.86. The molecule has 0 atom stereocenters. The van der Waals surface area contributed by atoms with Gasteiger partial charge in [0.05, 0.1) is 0 Å². The van der Waals surface area contributed by atoms with Gasteiger partial charge in [0.2, 0.25) is 0 Å². The Morgan fingerprint density at radius 1 is 0.436 bits per heavy atom. The third kappa shape index (κ3) is 12.9. The first-order chi connectivity index (χ1) is 18.1. The van der Waals surface area contributed by atoms with Crippen molar-refractivity contribution in [3.63, 3.8) is 0 Å². The van der Waals surface area contributed by atoms with E-state index in [2.05, 4.69) is 0 Å². The molecule has 0 saturated heterocycles. The molecule has 0 heterocycles. The van der Waals surface area contributed by atoms with E-state index in [4.69, 9.17) is 24.2 Å². The van der Waals surface area contributed by atoms with Crippen molar-refractivity contribution in [3.05, 3.63) is 0 Å². The van der Waals surface area contributed by atoms with Crippen LogP contribution in [0.5, 0.6) is 0 Å². The zero-order valence-corrected chi connectivity index (χ0v) is 30.2. The van der Waals surface area contributed by atoms with Gasteiger partial charge in [-0.15, -0.1) is 0 Å². The van der Waals surface area contributed by atoms with E-state index in [-0.39, 0.29) is 18.3 Å². The Kier molecular flexibility index (Phi) is 12.8. The summed E-state index contributed by atoms with van der Waals surface area (Å²) in [7, 11) is -3.87. The number of rotatable bonds is 11. The third-order valence-electron chi connectivity index (χ3n) is 7.13. The first-order valence-corrected chi connectivity index (χ1v) is 21.5. The maximum absolute atomic E-state index is 7.28. The second kappa shape index (κ2) is 14.5. The minimum absolute atomic E-state index is 0.0762. The van der Waals surface area contributed by atoms with Crippen LogP contribution in [-0.4, -0.2) is 44.2 Å². The van der Waals surface area contributed by atoms with Crippen LogP contribution in [0.25, 0.3) is 0 Å². The molecule has 3 fully saturated rings. The summed E-state index contributed by atoms with van der Waals surface area (Å²) in [5.74, 6) is 0. The van der Waals surface area contributed by atoms with Gasteiger partial charge >= 0.3 is 249 Å². The van der Waals surface area contributed by atoms with E-state index >= 15 is 0 Å². The summed E-state index contributed by atoms with van der Waals surface area (Å²) in [6.07, 6.45) is 17.0. The van der Waals surface area contributed by atoms with Gasteiger partial charge in [-0.2, -0.15) is 0 Å². The molecule has 0 aliphatic heterocycles. The van der Waals surface area contributed by atoms with Crippen LogP contribution in [0.1, 0.15) is 159 Å². The zero-order chi connectivity index (χ0) is 28.8. The van der Waals surface area contributed by atoms with Crippen molar-refractivity contribution in [1.29, 1.82) is 0 Å². The molecule has 0 aromatic rings. The molecule has 3 saturated carbocycles. The molecule has 7 nitrogen and oxygen atoms in total. The summed E-state index contributed by atoms with van der Waals surface area (Å²) < 4.78 is 49.0. The first-order valence-electron chi connectivity index (χ1n) is 15.9. The molecule has 230 valence electrons. The molecule has 0 spiro atoms. The van der Waals surface area contributed by atoms with Gasteiger partial charge in [-0.05, 0) is 0 Å². The van der Waals surface area contributed by atoms with Crippen LogP contribution < -0.4 is 0 Å². The van der Waals surface area contributed by atoms with Gasteiger partial charge in [-0.3, -0.25) is 0 Å². The fourth-order valence-corrected chi connectivity index (χ4v) is 18.1. The monoisotopic (exact) mass is 650 g/mol. The van der Waals surface area contributed by atoms with Crippen molar-refractivity contribution in [2.75, 3.05) is 0 Å². The third-order valence-corrected chi connectivity index (χ3v) is 18.5. The van der Waals surface area contributed by atoms with E-state index in [0.717, 1.165) is 77.0 Å². The molecule has 39 heavy (non-hydrogen) atoms. The Morgan fingerprint density at radius 3 is 0.923 bits per heavy atom. The molecule has 0 amide bonds. The van der Waals surface area contributed by atoms with E-state index in [1.54, 1.807) is 0 Å². The minimum atomic E-state index is -4.86. The SMILES string of the molecule is CC(C)(C)O[Si](OC(C)(C)C)(OC(C)(C)C)[O][Zr]([O]C1CCCCC1)([O]C1CCCCC1)[O]C1CCCCC1. The van der Waals surface area contributed by atoms with Crippen molar-refractivity contribution < 1.29 is 46.2 Å². The van der Waals surface area contributed by atoms with Crippen LogP contribution in [0, 0.1) is 0 Å². The summed E-state index contributed by atoms with van der Waals surface area (Å²) in [6.45, 7) is 18.2. The Labute approximate surface area is 248 Å². The van der Waals surface area contributed by atoms with Gasteiger partial charge < -0.3 is 0 Å². The molecule has 0 radical (unpaired) electrons. The Hall–Kier alpha value is 0.820. The van der Waals surface area contributed by atoms with E-state index in [9.17, 15) is 0 Å². The fraction of sp³-hybridized carbons (Fsp3) is 1.00. The van der Waals surface area contributed by atoms with Gasteiger partial charge in [0.15, 0.2) is 0 Å². The Bertz CT molecular complexity index is 621. The molecule has 3 aliphatic carbocycles. The number of hydrogen-bond acceptors (Lipinski definition) is 7. The summed E-state index contributed by atoms with van der Waals surface area (Å²) in [4.78, 5) is 0. The van der Waals surface area contributed by atoms with Gasteiger partial charge in [-0.25, -0.2) is 0 Å². The van der Waals surface area contributed by atoms with E-state index in [0.29, 0.717) is 0 Å². The van der Waals surface area contributed by atoms with Crippen LogP contribution in [0.2, 0.25) is 0 Å². The quantitative estimate of drug-likeness (QED) is 0.207. The molecule has 0 N–H and O–H groups in total. The van der Waals surface area contributed by atoms with Crippen molar-refractivity contribution in [3.8, 4) is 0 Å². The summed E-state index contributed by atoms with van der Waals surface area (Å²) in [6, 6.07) is 0. The van der Waals surface area contributed by atoms with Crippen molar-refractivity contribution in [1.82, 2.24) is 0 Å². The van der Waals surface area contributed by atoms with E-state index in [1.807, 2.05) is 62.3 Å². The van der Waals surface area contributed by atoms with Gasteiger partial charge in [0.25, 0.3) is 0 Å². The van der Waals surface area contributed by atoms with Crippen molar-refractivity contribution in [2.45, 2.75) is 194 Å². The molecular weight excluding hydrogens is 592 g/mol. The fourth-order valence-electron chi connectivity index (χ4n) is 5.72. The predicted octanol–water partition coefficient (Wildman–Crippen LogP) is 8.75. The summed E-state index contributed by atoms with van der Waals surface area (Å²) in [5.41, 5.74) is -1.71. The Morgan fingerprint density at radius 2 is 0.692 bits per heavy atom. The number of hydrogen-bond donors (Lipinski definition) is 0. The molecule has 0 aromatic heterocycles. The normalized spacial score (nSPS) is 22.4. The second-order valence-corrected chi connectivity index (χ2v) is 22.4. The van der Waals surface area contributed by atoms with Crippen molar-refractivity contribution in [2.24, 2.45) is 0 Å². The Balaban J connectivity index is 2.09. The van der Waals surface area contributed by atoms with Gasteiger partial charge in [-0.1, -0.05) is 0 Å². The van der Waals surface area contributed by atoms with E-state index < -0.39 is 47.9 Å². The van der Waals surface area contributed by atoms with Crippen LogP contribution >= 0.6 is 0 Å². The van der Waals surface area contributed by atoms with Crippen molar-refractivity contribution >= 4 is 9.05 Å². The average molecular weight is 652 g/mol.